The molecule has 3 rings (SSSR count). The Balaban J connectivity index is 1.83. The molecule has 5 heteroatoms. The lowest BCUT2D eigenvalue weighted by Crippen LogP contribution is -2.61. The maximum Gasteiger partial charge on any atom is 0.305 e. The summed E-state index contributed by atoms with van der Waals surface area (Å²) in [5.41, 5.74) is -0.131. The Kier molecular flexibility index (Phi) is 3.53. The number of carboxylic acids is 1. The van der Waals surface area contributed by atoms with Crippen molar-refractivity contribution >= 4 is 5.97 Å². The first-order chi connectivity index (χ1) is 9.11. The number of piperidine rings is 1. The van der Waals surface area contributed by atoms with E-state index < -0.39 is 5.97 Å². The molecule has 0 aromatic rings. The van der Waals surface area contributed by atoms with Crippen LogP contribution in [-0.2, 0) is 9.53 Å². The number of hydrogen-bond acceptors (Lipinski definition) is 4. The van der Waals surface area contributed by atoms with Crippen LogP contribution in [0.15, 0.2) is 0 Å². The standard InChI is InChI=1S/C14H24N2O3/c1-15-11-2-3-12(15)9-14(8-11,10-13(17)18)16-4-6-19-7-5-16/h11-12H,2-10H2,1H3,(H,17,18). The smallest absolute Gasteiger partial charge is 0.305 e. The lowest BCUT2D eigenvalue weighted by Gasteiger charge is -2.51. The minimum absolute atomic E-state index is 0.131. The maximum absolute atomic E-state index is 11.4. The summed E-state index contributed by atoms with van der Waals surface area (Å²) in [6, 6.07) is 1.14. The highest BCUT2D eigenvalue weighted by atomic mass is 16.5. The van der Waals surface area contributed by atoms with Crippen LogP contribution in [0.4, 0.5) is 0 Å². The van der Waals surface area contributed by atoms with Crippen LogP contribution >= 0.6 is 0 Å². The van der Waals surface area contributed by atoms with E-state index in [1.54, 1.807) is 0 Å². The van der Waals surface area contributed by atoms with Gasteiger partial charge in [-0.15, -0.1) is 0 Å². The molecule has 3 saturated heterocycles. The van der Waals surface area contributed by atoms with Gasteiger partial charge in [0.15, 0.2) is 0 Å². The normalized spacial score (nSPS) is 40.5. The zero-order valence-electron chi connectivity index (χ0n) is 11.7. The van der Waals surface area contributed by atoms with Crippen molar-refractivity contribution in [3.63, 3.8) is 0 Å². The average Bonchev–Trinajstić information content (AvgIpc) is 2.63. The number of ether oxygens (including phenoxy) is 1. The summed E-state index contributed by atoms with van der Waals surface area (Å²) < 4.78 is 5.43. The number of hydrogen-bond donors (Lipinski definition) is 1. The molecule has 3 fully saturated rings. The molecule has 0 aromatic heterocycles. The molecular formula is C14H24N2O3. The monoisotopic (exact) mass is 268 g/mol. The molecule has 0 spiro atoms. The zero-order valence-corrected chi connectivity index (χ0v) is 11.7. The lowest BCUT2D eigenvalue weighted by atomic mass is 9.78. The fourth-order valence-electron chi connectivity index (χ4n) is 4.38. The molecule has 0 saturated carbocycles. The predicted octanol–water partition coefficient (Wildman–Crippen LogP) is 0.789. The lowest BCUT2D eigenvalue weighted by molar-refractivity contribution is -0.144. The van der Waals surface area contributed by atoms with Gasteiger partial charge in [-0.2, -0.15) is 0 Å². The predicted molar refractivity (Wildman–Crippen MR) is 71.2 cm³/mol. The first-order valence-corrected chi connectivity index (χ1v) is 7.37. The first-order valence-electron chi connectivity index (χ1n) is 7.37. The summed E-state index contributed by atoms with van der Waals surface area (Å²) in [5.74, 6) is -0.657. The first kappa shape index (κ1) is 13.3. The highest BCUT2D eigenvalue weighted by Crippen LogP contribution is 2.44. The summed E-state index contributed by atoms with van der Waals surface area (Å²) in [4.78, 5) is 16.2. The van der Waals surface area contributed by atoms with Crippen molar-refractivity contribution in [3.05, 3.63) is 0 Å². The summed E-state index contributed by atoms with van der Waals surface area (Å²) >= 11 is 0. The van der Waals surface area contributed by atoms with E-state index in [-0.39, 0.29) is 12.0 Å². The van der Waals surface area contributed by atoms with E-state index in [1.807, 2.05) is 0 Å². The van der Waals surface area contributed by atoms with Crippen LogP contribution in [-0.4, -0.2) is 71.8 Å². The fourth-order valence-corrected chi connectivity index (χ4v) is 4.38. The minimum Gasteiger partial charge on any atom is -0.481 e. The molecule has 1 N–H and O–H groups in total. The number of aliphatic carboxylic acids is 1. The van der Waals surface area contributed by atoms with Crippen LogP contribution in [0.1, 0.15) is 32.1 Å². The van der Waals surface area contributed by atoms with Gasteiger partial charge < -0.3 is 14.7 Å². The van der Waals surface area contributed by atoms with Crippen molar-refractivity contribution in [2.24, 2.45) is 0 Å². The van der Waals surface area contributed by atoms with Crippen LogP contribution in [0.2, 0.25) is 0 Å². The van der Waals surface area contributed by atoms with Gasteiger partial charge in [-0.25, -0.2) is 0 Å². The second-order valence-electron chi connectivity index (χ2n) is 6.35. The van der Waals surface area contributed by atoms with E-state index in [4.69, 9.17) is 4.74 Å². The van der Waals surface area contributed by atoms with Crippen molar-refractivity contribution in [2.45, 2.75) is 49.7 Å². The quantitative estimate of drug-likeness (QED) is 0.820. The van der Waals surface area contributed by atoms with E-state index >= 15 is 0 Å². The molecule has 108 valence electrons. The summed E-state index contributed by atoms with van der Waals surface area (Å²) in [6.45, 7) is 3.26. The molecule has 5 nitrogen and oxygen atoms in total. The fraction of sp³-hybridized carbons (Fsp3) is 0.929. The second kappa shape index (κ2) is 5.04. The van der Waals surface area contributed by atoms with Gasteiger partial charge in [0.25, 0.3) is 0 Å². The number of morpholine rings is 1. The van der Waals surface area contributed by atoms with Crippen molar-refractivity contribution in [3.8, 4) is 0 Å². The molecule has 3 heterocycles. The van der Waals surface area contributed by atoms with Gasteiger partial charge in [-0.05, 0) is 32.7 Å². The number of nitrogens with zero attached hydrogens (tertiary/aromatic N) is 2. The van der Waals surface area contributed by atoms with Crippen molar-refractivity contribution < 1.29 is 14.6 Å². The molecule has 2 atom stereocenters. The van der Waals surface area contributed by atoms with Gasteiger partial charge in [-0.1, -0.05) is 0 Å². The van der Waals surface area contributed by atoms with Gasteiger partial charge >= 0.3 is 5.97 Å². The number of fused-ring (bicyclic) bond motifs is 2. The van der Waals surface area contributed by atoms with Crippen LogP contribution in [0.3, 0.4) is 0 Å². The zero-order chi connectivity index (χ0) is 13.5. The Morgan fingerprint density at radius 3 is 2.37 bits per heavy atom. The van der Waals surface area contributed by atoms with E-state index in [2.05, 4.69) is 16.8 Å². The molecule has 2 unspecified atom stereocenters. The number of carboxylic acid groups (broad SMARTS) is 1. The van der Waals surface area contributed by atoms with Crippen LogP contribution in [0.25, 0.3) is 0 Å². The minimum atomic E-state index is -0.657. The summed E-state index contributed by atoms with van der Waals surface area (Å²) in [6.07, 6.45) is 4.76. The van der Waals surface area contributed by atoms with Gasteiger partial charge in [0.1, 0.15) is 0 Å². The van der Waals surface area contributed by atoms with E-state index in [9.17, 15) is 9.90 Å². The summed E-state index contributed by atoms with van der Waals surface area (Å²) in [5, 5.41) is 9.35. The highest BCUT2D eigenvalue weighted by molar-refractivity contribution is 5.68. The number of rotatable bonds is 3. The van der Waals surface area contributed by atoms with Gasteiger partial charge in [-0.3, -0.25) is 9.69 Å². The van der Waals surface area contributed by atoms with Crippen molar-refractivity contribution in [2.75, 3.05) is 33.4 Å². The van der Waals surface area contributed by atoms with Gasteiger partial charge in [0.2, 0.25) is 0 Å². The Bertz CT molecular complexity index is 341. The molecule has 3 aliphatic heterocycles. The summed E-state index contributed by atoms with van der Waals surface area (Å²) in [7, 11) is 2.20. The van der Waals surface area contributed by atoms with E-state index in [0.29, 0.717) is 12.1 Å². The molecule has 0 amide bonds. The topological polar surface area (TPSA) is 53.0 Å². The largest absolute Gasteiger partial charge is 0.481 e. The molecule has 0 radical (unpaired) electrons. The Morgan fingerprint density at radius 2 is 1.84 bits per heavy atom. The molecular weight excluding hydrogens is 244 g/mol. The van der Waals surface area contributed by atoms with E-state index in [0.717, 1.165) is 39.1 Å². The highest BCUT2D eigenvalue weighted by Gasteiger charge is 2.50. The Hall–Kier alpha value is -0.650. The molecule has 0 aromatic carbocycles. The maximum atomic E-state index is 11.4. The molecule has 3 aliphatic rings. The van der Waals surface area contributed by atoms with Crippen molar-refractivity contribution in [1.29, 1.82) is 0 Å². The third-order valence-electron chi connectivity index (χ3n) is 5.38. The molecule has 2 bridgehead atoms. The van der Waals surface area contributed by atoms with Gasteiger partial charge in [0.05, 0.1) is 19.6 Å². The number of carbonyl (C=O) groups is 1. The Labute approximate surface area is 114 Å². The Morgan fingerprint density at radius 1 is 1.26 bits per heavy atom. The van der Waals surface area contributed by atoms with Crippen LogP contribution in [0.5, 0.6) is 0 Å². The molecule has 0 aliphatic carbocycles. The third kappa shape index (κ3) is 2.39. The second-order valence-corrected chi connectivity index (χ2v) is 6.35. The van der Waals surface area contributed by atoms with Gasteiger partial charge in [0, 0.05) is 30.7 Å². The average molecular weight is 268 g/mol. The third-order valence-corrected chi connectivity index (χ3v) is 5.38. The van der Waals surface area contributed by atoms with Crippen LogP contribution in [0, 0.1) is 0 Å². The SMILES string of the molecule is CN1C2CCC1CC(CC(=O)O)(N1CCOCC1)C2. The van der Waals surface area contributed by atoms with Crippen molar-refractivity contribution in [1.82, 2.24) is 9.80 Å². The van der Waals surface area contributed by atoms with E-state index in [1.165, 1.54) is 12.8 Å². The molecule has 19 heavy (non-hydrogen) atoms. The van der Waals surface area contributed by atoms with Crippen LogP contribution < -0.4 is 0 Å².